The standard InChI is InChI=1S/C59H99N3O44/c1-13-28(73)36(81)42(87)56(92-13)103-47-27(62-16(4)71)51(89)93-23(10-68)46(47)102-52-25(60-14(2)69)35(80)45(22(9-67)97-52)101-59-50(106-55-40(85)29(74)17(72)11-90-55)48(33(78)24(99-59)12-91-54-41(86)37(82)30(75)18(5-63)94-54)104-58-49(39(84)32(77)20(7-65)96-58)105-53-26(61-15(3)70)34(79)44(21(8-66)98-53)100-57-43(88)38(83)31(76)19(6-64)95-57/h13,17-59,63-68,72-89H,5-12H2,1-4H3,(H,60,69)(H,61,70)(H,62,71)/t13-,17-,18-,19-,20-,21-,22-,23-,24-,25-,26-,27-,28+,29+,30-,31+,32-,33-,34-,35-,36+,37+,38+,39+,40-,41+,42-,43-,44-,45-,46-,47-,48+,49+,50+,51-,52+,53+,54+,55+,56-,57+,58-,59+/m1/s1. The Labute approximate surface area is 600 Å². The van der Waals surface area contributed by atoms with Gasteiger partial charge in [0.2, 0.25) is 17.7 Å². The molecule has 9 aliphatic rings. The molecule has 0 bridgehead atoms. The first kappa shape index (κ1) is 86.7. The van der Waals surface area contributed by atoms with Gasteiger partial charge < -0.3 is 219 Å². The molecule has 9 rings (SSSR count). The third kappa shape index (κ3) is 18.8. The molecule has 44 atom stereocenters. The summed E-state index contributed by atoms with van der Waals surface area (Å²) >= 11 is 0. The molecule has 0 spiro atoms. The number of amides is 3. The van der Waals surface area contributed by atoms with Gasteiger partial charge in [-0.05, 0) is 6.92 Å². The highest BCUT2D eigenvalue weighted by Gasteiger charge is 2.61. The molecule has 614 valence electrons. The number of aliphatic hydroxyl groups excluding tert-OH is 24. The molecule has 0 aromatic carbocycles. The molecule has 0 aromatic rings. The van der Waals surface area contributed by atoms with Crippen LogP contribution in [0, 0.1) is 0 Å². The number of hydrogen-bond acceptors (Lipinski definition) is 44. The topological polar surface area (TPSA) is 730 Å². The van der Waals surface area contributed by atoms with Crippen molar-refractivity contribution in [3.05, 3.63) is 0 Å². The van der Waals surface area contributed by atoms with E-state index >= 15 is 0 Å². The summed E-state index contributed by atoms with van der Waals surface area (Å²) < 4.78 is 102. The molecule has 9 heterocycles. The Morgan fingerprint density at radius 3 is 1.17 bits per heavy atom. The average Bonchev–Trinajstić information content (AvgIpc) is 0.767. The largest absolute Gasteiger partial charge is 0.394 e. The van der Waals surface area contributed by atoms with Crippen molar-refractivity contribution in [1.29, 1.82) is 0 Å². The zero-order chi connectivity index (χ0) is 77.9. The Morgan fingerprint density at radius 2 is 0.660 bits per heavy atom. The maximum Gasteiger partial charge on any atom is 0.217 e. The lowest BCUT2D eigenvalue weighted by Gasteiger charge is -2.52. The molecule has 9 aliphatic heterocycles. The molecule has 0 unspecified atom stereocenters. The maximum absolute atomic E-state index is 13.3. The molecular formula is C59H99N3O44. The SMILES string of the molecule is CC(=O)N[C@@H]1[C@@H](O[C@H]2O[C@H](C)[C@H](O)[C@H](O)[C@H]2O)[C@H](O[C@@H]2O[C@H](CO)[C@@H](O[C@@H]3O[C@H](CO[C@H]4O[C@H](CO)[C@@H](O)[C@H](O)[C@@H]4O)[C@@H](O)[C@H](O[C@H]4O[C@H](CO)[C@@H](O)[C@H](O)[C@@H]4O[C@@H]4O[C@H](CO)[C@@H](O[C@@H]5O[C@H](CO)[C@H](O)[C@H](O)[C@H]5O)[C@H](O)[C@H]4NC(C)=O)[C@@H]3O[C@@H]3OC[C@@H](O)[C@H](O)[C@H]3O)[C@H](O)[C@H]2NC(C)=O)[C@@H](CO)O[C@H]1O. The van der Waals surface area contributed by atoms with Gasteiger partial charge in [0.05, 0.1) is 59.0 Å². The summed E-state index contributed by atoms with van der Waals surface area (Å²) in [5.41, 5.74) is 0. The van der Waals surface area contributed by atoms with Crippen LogP contribution in [0.2, 0.25) is 0 Å². The number of ether oxygens (including phenoxy) is 17. The molecule has 27 N–H and O–H groups in total. The van der Waals surface area contributed by atoms with Crippen molar-refractivity contribution in [2.45, 2.75) is 298 Å². The third-order valence-corrected chi connectivity index (χ3v) is 19.5. The van der Waals surface area contributed by atoms with E-state index in [0.717, 1.165) is 20.8 Å². The zero-order valence-corrected chi connectivity index (χ0v) is 57.0. The Kier molecular flexibility index (Phi) is 30.8. The number of hydrogen-bond donors (Lipinski definition) is 27. The van der Waals surface area contributed by atoms with E-state index in [4.69, 9.17) is 80.5 Å². The first-order valence-electron chi connectivity index (χ1n) is 33.9. The van der Waals surface area contributed by atoms with E-state index in [9.17, 15) is 137 Å². The Morgan fingerprint density at radius 1 is 0.302 bits per heavy atom. The van der Waals surface area contributed by atoms with Gasteiger partial charge in [0, 0.05) is 20.8 Å². The van der Waals surface area contributed by atoms with Gasteiger partial charge in [-0.15, -0.1) is 0 Å². The van der Waals surface area contributed by atoms with E-state index in [0.29, 0.717) is 0 Å². The third-order valence-electron chi connectivity index (χ3n) is 19.5. The molecule has 0 aliphatic carbocycles. The molecule has 9 saturated heterocycles. The van der Waals surface area contributed by atoms with Crippen molar-refractivity contribution in [3.8, 4) is 0 Å². The molecule has 3 amide bonds. The number of aliphatic hydroxyl groups is 24. The second kappa shape index (κ2) is 37.6. The van der Waals surface area contributed by atoms with Crippen molar-refractivity contribution < 1.29 is 217 Å². The van der Waals surface area contributed by atoms with Crippen molar-refractivity contribution >= 4 is 17.7 Å². The van der Waals surface area contributed by atoms with Gasteiger partial charge in [-0.25, -0.2) is 0 Å². The number of carbonyl (C=O) groups is 3. The Hall–Kier alpha value is -3.23. The van der Waals surface area contributed by atoms with Gasteiger partial charge >= 0.3 is 0 Å². The van der Waals surface area contributed by atoms with Gasteiger partial charge in [0.1, 0.15) is 207 Å². The molecule has 106 heavy (non-hydrogen) atoms. The average molecular weight is 1550 g/mol. The van der Waals surface area contributed by atoms with E-state index in [2.05, 4.69) is 16.0 Å². The van der Waals surface area contributed by atoms with Crippen LogP contribution in [-0.4, -0.2) is 463 Å². The molecule has 9 fully saturated rings. The number of rotatable bonds is 26. The van der Waals surface area contributed by atoms with Crippen LogP contribution in [0.25, 0.3) is 0 Å². The van der Waals surface area contributed by atoms with Crippen LogP contribution < -0.4 is 16.0 Å². The summed E-state index contributed by atoms with van der Waals surface area (Å²) in [5.74, 6) is -2.79. The number of nitrogens with one attached hydrogen (secondary N) is 3. The number of carbonyl (C=O) groups excluding carboxylic acids is 3. The van der Waals surface area contributed by atoms with Crippen molar-refractivity contribution in [1.82, 2.24) is 16.0 Å². The Balaban J connectivity index is 1.10. The summed E-state index contributed by atoms with van der Waals surface area (Å²) in [4.78, 5) is 39.0. The van der Waals surface area contributed by atoms with Gasteiger partial charge in [0.15, 0.2) is 56.6 Å². The minimum absolute atomic E-state index is 0.832. The fourth-order valence-corrected chi connectivity index (χ4v) is 13.7. The summed E-state index contributed by atoms with van der Waals surface area (Å²) in [6, 6.07) is -5.73. The molecule has 0 aromatic heterocycles. The van der Waals surface area contributed by atoms with Crippen LogP contribution in [0.1, 0.15) is 27.7 Å². The molecule has 47 nitrogen and oxygen atoms in total. The molecule has 0 radical (unpaired) electrons. The maximum atomic E-state index is 13.3. The summed E-state index contributed by atoms with van der Waals surface area (Å²) in [7, 11) is 0. The van der Waals surface area contributed by atoms with Crippen LogP contribution in [0.4, 0.5) is 0 Å². The minimum atomic E-state index is -2.47. The van der Waals surface area contributed by atoms with Crippen LogP contribution in [-0.2, 0) is 94.9 Å². The summed E-state index contributed by atoms with van der Waals surface area (Å²) in [5, 5.41) is 272. The predicted octanol–water partition coefficient (Wildman–Crippen LogP) is -18.5. The minimum Gasteiger partial charge on any atom is -0.394 e. The fourth-order valence-electron chi connectivity index (χ4n) is 13.7. The lowest BCUT2D eigenvalue weighted by molar-refractivity contribution is -0.412. The van der Waals surface area contributed by atoms with E-state index in [1.165, 1.54) is 6.92 Å². The first-order valence-corrected chi connectivity index (χ1v) is 33.9. The highest BCUT2D eigenvalue weighted by atomic mass is 16.8. The second-order valence-corrected chi connectivity index (χ2v) is 27.0. The van der Waals surface area contributed by atoms with Gasteiger partial charge in [0.25, 0.3) is 0 Å². The zero-order valence-electron chi connectivity index (χ0n) is 57.0. The lowest BCUT2D eigenvalue weighted by atomic mass is 9.93. The lowest BCUT2D eigenvalue weighted by Crippen LogP contribution is -2.72. The predicted molar refractivity (Wildman–Crippen MR) is 324 cm³/mol. The fraction of sp³-hybridized carbons (Fsp3) is 0.949. The van der Waals surface area contributed by atoms with E-state index in [-0.39, 0.29) is 0 Å². The Bertz CT molecular complexity index is 2770. The smallest absolute Gasteiger partial charge is 0.217 e. The van der Waals surface area contributed by atoms with Gasteiger partial charge in [-0.3, -0.25) is 14.4 Å². The molecular weight excluding hydrogens is 1450 g/mol. The van der Waals surface area contributed by atoms with E-state index in [1.807, 2.05) is 0 Å². The summed E-state index contributed by atoms with van der Waals surface area (Å²) in [6.45, 7) is -4.40. The van der Waals surface area contributed by atoms with E-state index in [1.54, 1.807) is 0 Å². The molecule has 0 saturated carbocycles. The highest BCUT2D eigenvalue weighted by Crippen LogP contribution is 2.41. The van der Waals surface area contributed by atoms with Crippen LogP contribution in [0.3, 0.4) is 0 Å². The molecule has 47 heteroatoms. The monoisotopic (exact) mass is 1550 g/mol. The first-order chi connectivity index (χ1) is 50.1. The van der Waals surface area contributed by atoms with Crippen LogP contribution >= 0.6 is 0 Å². The summed E-state index contributed by atoms with van der Waals surface area (Å²) in [6.07, 6.45) is -84.6. The normalized spacial score (nSPS) is 50.4. The van der Waals surface area contributed by atoms with Crippen molar-refractivity contribution in [3.63, 3.8) is 0 Å². The quantitative estimate of drug-likeness (QED) is 0.0382. The highest BCUT2D eigenvalue weighted by molar-refractivity contribution is 5.74. The van der Waals surface area contributed by atoms with E-state index < -0.39 is 341 Å². The second-order valence-electron chi connectivity index (χ2n) is 27.0. The van der Waals surface area contributed by atoms with Crippen molar-refractivity contribution in [2.75, 3.05) is 52.9 Å². The van der Waals surface area contributed by atoms with Gasteiger partial charge in [-0.2, -0.15) is 0 Å². The van der Waals surface area contributed by atoms with Gasteiger partial charge in [-0.1, -0.05) is 0 Å². The van der Waals surface area contributed by atoms with Crippen molar-refractivity contribution in [2.24, 2.45) is 0 Å². The van der Waals surface area contributed by atoms with Crippen LogP contribution in [0.15, 0.2) is 0 Å². The van der Waals surface area contributed by atoms with Crippen LogP contribution in [0.5, 0.6) is 0 Å².